The number of aliphatic hydroxyl groups is 1. The van der Waals surface area contributed by atoms with Crippen LogP contribution in [0.1, 0.15) is 42.9 Å². The van der Waals surface area contributed by atoms with Gasteiger partial charge in [0.05, 0.1) is 17.7 Å². The van der Waals surface area contributed by atoms with Crippen LogP contribution in [0.2, 0.25) is 0 Å². The van der Waals surface area contributed by atoms with Crippen molar-refractivity contribution in [2.24, 2.45) is 18.7 Å². The van der Waals surface area contributed by atoms with Crippen molar-refractivity contribution >= 4 is 5.91 Å². The molecule has 2 fully saturated rings. The van der Waals surface area contributed by atoms with E-state index in [1.54, 1.807) is 0 Å². The smallest absolute Gasteiger partial charge is 0.222 e. The van der Waals surface area contributed by atoms with Crippen molar-refractivity contribution in [3.63, 3.8) is 0 Å². The van der Waals surface area contributed by atoms with Gasteiger partial charge in [-0.3, -0.25) is 9.48 Å². The Labute approximate surface area is 131 Å². The number of carbonyl (C=O) groups excluding carboxylic acids is 1. The number of likely N-dealkylation sites (tertiary alicyclic amines) is 1. The van der Waals surface area contributed by atoms with E-state index < -0.39 is 5.60 Å². The molecule has 1 amide bonds. The summed E-state index contributed by atoms with van der Waals surface area (Å²) in [4.78, 5) is 14.1. The molecule has 1 aliphatic carbocycles. The van der Waals surface area contributed by atoms with E-state index in [1.807, 2.05) is 24.9 Å². The number of nitrogens with zero attached hydrogens (tertiary/aromatic N) is 3. The van der Waals surface area contributed by atoms with Gasteiger partial charge in [0.1, 0.15) is 0 Å². The lowest BCUT2D eigenvalue weighted by Crippen LogP contribution is -2.40. The third-order valence-corrected chi connectivity index (χ3v) is 5.61. The van der Waals surface area contributed by atoms with Gasteiger partial charge in [-0.05, 0) is 38.2 Å². The maximum atomic E-state index is 11.8. The normalized spacial score (nSPS) is 27.8. The predicted molar refractivity (Wildman–Crippen MR) is 83.2 cm³/mol. The average molecular weight is 306 g/mol. The minimum atomic E-state index is -0.468. The predicted octanol–water partition coefficient (Wildman–Crippen LogP) is 0.534. The van der Waals surface area contributed by atoms with Crippen LogP contribution in [0.25, 0.3) is 0 Å². The van der Waals surface area contributed by atoms with Gasteiger partial charge in [0.2, 0.25) is 5.91 Å². The molecule has 0 spiro atoms. The molecule has 2 heterocycles. The Morgan fingerprint density at radius 1 is 1.50 bits per heavy atom. The molecule has 122 valence electrons. The second kappa shape index (κ2) is 5.66. The van der Waals surface area contributed by atoms with E-state index in [2.05, 4.69) is 10.00 Å². The van der Waals surface area contributed by atoms with Crippen LogP contribution in [0.5, 0.6) is 0 Å². The molecule has 0 bridgehead atoms. The van der Waals surface area contributed by atoms with Crippen molar-refractivity contribution in [3.05, 3.63) is 17.5 Å². The molecule has 2 aliphatic rings. The summed E-state index contributed by atoms with van der Waals surface area (Å²) in [5, 5.41) is 14.5. The second-order valence-corrected chi connectivity index (χ2v) is 7.01. The van der Waals surface area contributed by atoms with Gasteiger partial charge in [-0.2, -0.15) is 5.10 Å². The molecule has 1 aromatic heterocycles. The Morgan fingerprint density at radius 2 is 2.23 bits per heavy atom. The Bertz CT molecular complexity index is 564. The molecule has 0 unspecified atom stereocenters. The van der Waals surface area contributed by atoms with Gasteiger partial charge in [0.25, 0.3) is 0 Å². The lowest BCUT2D eigenvalue weighted by Gasteiger charge is -2.37. The van der Waals surface area contributed by atoms with Crippen LogP contribution in [0.3, 0.4) is 0 Å². The fourth-order valence-electron chi connectivity index (χ4n) is 3.75. The van der Waals surface area contributed by atoms with Crippen LogP contribution < -0.4 is 5.73 Å². The van der Waals surface area contributed by atoms with E-state index in [0.29, 0.717) is 6.54 Å². The van der Waals surface area contributed by atoms with Gasteiger partial charge < -0.3 is 15.7 Å². The summed E-state index contributed by atoms with van der Waals surface area (Å²) in [6.07, 6.45) is 5.59. The molecule has 0 aromatic carbocycles. The third-order valence-electron chi connectivity index (χ3n) is 5.61. The molecule has 6 nitrogen and oxygen atoms in total. The van der Waals surface area contributed by atoms with Gasteiger partial charge in [-0.15, -0.1) is 0 Å². The Morgan fingerprint density at radius 3 is 2.73 bits per heavy atom. The highest BCUT2D eigenvalue weighted by molar-refractivity contribution is 5.78. The summed E-state index contributed by atoms with van der Waals surface area (Å²) < 4.78 is 1.84. The standard InChI is InChI=1S/C16H26N4O2/c1-11-12(8-18-19(11)2)13-9-20(10-14(13)15(17)21)7-6-16(22)4-3-5-16/h8,13-14,22H,3-7,9-10H2,1-2H3,(H2,17,21)/t13-,14+/m1/s1. The van der Waals surface area contributed by atoms with E-state index in [0.717, 1.165) is 50.0 Å². The molecule has 22 heavy (non-hydrogen) atoms. The monoisotopic (exact) mass is 306 g/mol. The zero-order valence-electron chi connectivity index (χ0n) is 13.5. The summed E-state index contributed by atoms with van der Waals surface area (Å²) in [5.41, 5.74) is 7.37. The number of carbonyl (C=O) groups is 1. The van der Waals surface area contributed by atoms with Crippen LogP contribution >= 0.6 is 0 Å². The molecule has 3 N–H and O–H groups in total. The molecule has 1 saturated heterocycles. The summed E-state index contributed by atoms with van der Waals surface area (Å²) in [5.74, 6) is -0.292. The third kappa shape index (κ3) is 2.77. The van der Waals surface area contributed by atoms with E-state index in [9.17, 15) is 9.90 Å². The van der Waals surface area contributed by atoms with Crippen LogP contribution in [0.15, 0.2) is 6.20 Å². The quantitative estimate of drug-likeness (QED) is 0.831. The minimum absolute atomic E-state index is 0.113. The Balaban J connectivity index is 1.69. The molecule has 2 atom stereocenters. The Kier molecular flexibility index (Phi) is 3.99. The van der Waals surface area contributed by atoms with Gasteiger partial charge in [0, 0.05) is 38.3 Å². The zero-order chi connectivity index (χ0) is 15.9. The molecular formula is C16H26N4O2. The fourth-order valence-corrected chi connectivity index (χ4v) is 3.75. The largest absolute Gasteiger partial charge is 0.390 e. The number of amides is 1. The van der Waals surface area contributed by atoms with Crippen molar-refractivity contribution in [1.29, 1.82) is 0 Å². The van der Waals surface area contributed by atoms with Crippen LogP contribution in [-0.2, 0) is 11.8 Å². The first-order valence-corrected chi connectivity index (χ1v) is 8.12. The highest BCUT2D eigenvalue weighted by atomic mass is 16.3. The summed E-state index contributed by atoms with van der Waals surface area (Å²) in [7, 11) is 1.91. The number of hydrogen-bond acceptors (Lipinski definition) is 4. The first-order valence-electron chi connectivity index (χ1n) is 8.12. The van der Waals surface area contributed by atoms with Crippen LogP contribution in [-0.4, -0.2) is 50.9 Å². The highest BCUT2D eigenvalue weighted by Gasteiger charge is 2.40. The molecule has 0 radical (unpaired) electrons. The average Bonchev–Trinajstić information content (AvgIpc) is 3.00. The van der Waals surface area contributed by atoms with Crippen LogP contribution in [0, 0.1) is 12.8 Å². The number of aromatic nitrogens is 2. The van der Waals surface area contributed by atoms with Crippen molar-refractivity contribution < 1.29 is 9.90 Å². The lowest BCUT2D eigenvalue weighted by molar-refractivity contribution is -0.121. The summed E-state index contributed by atoms with van der Waals surface area (Å²) in [6, 6.07) is 0. The second-order valence-electron chi connectivity index (χ2n) is 7.01. The number of primary amides is 1. The van der Waals surface area contributed by atoms with Crippen molar-refractivity contribution in [2.75, 3.05) is 19.6 Å². The summed E-state index contributed by atoms with van der Waals surface area (Å²) >= 11 is 0. The highest BCUT2D eigenvalue weighted by Crippen LogP contribution is 2.37. The van der Waals surface area contributed by atoms with E-state index >= 15 is 0 Å². The number of hydrogen-bond donors (Lipinski definition) is 2. The van der Waals surface area contributed by atoms with Gasteiger partial charge in [-0.1, -0.05) is 0 Å². The van der Waals surface area contributed by atoms with E-state index in [4.69, 9.17) is 5.73 Å². The SMILES string of the molecule is Cc1c([C@H]2CN(CCC3(O)CCC3)C[C@@H]2C(N)=O)cnn1C. The molecular weight excluding hydrogens is 280 g/mol. The Hall–Kier alpha value is -1.40. The van der Waals surface area contributed by atoms with Gasteiger partial charge >= 0.3 is 0 Å². The zero-order valence-corrected chi connectivity index (χ0v) is 13.5. The first-order chi connectivity index (χ1) is 10.4. The maximum absolute atomic E-state index is 11.8. The number of nitrogens with two attached hydrogens (primary N) is 1. The van der Waals surface area contributed by atoms with E-state index in [1.165, 1.54) is 0 Å². The number of rotatable bonds is 5. The molecule has 1 saturated carbocycles. The molecule has 1 aliphatic heterocycles. The summed E-state index contributed by atoms with van der Waals surface area (Å²) in [6.45, 7) is 4.36. The molecule has 3 rings (SSSR count). The topological polar surface area (TPSA) is 84.4 Å². The van der Waals surface area contributed by atoms with Crippen LogP contribution in [0.4, 0.5) is 0 Å². The van der Waals surface area contributed by atoms with Crippen molar-refractivity contribution in [2.45, 2.75) is 44.1 Å². The van der Waals surface area contributed by atoms with Gasteiger partial charge in [0.15, 0.2) is 0 Å². The van der Waals surface area contributed by atoms with Crippen molar-refractivity contribution in [3.8, 4) is 0 Å². The lowest BCUT2D eigenvalue weighted by atomic mass is 9.78. The number of aryl methyl sites for hydroxylation is 1. The molecule has 1 aromatic rings. The molecule has 6 heteroatoms. The van der Waals surface area contributed by atoms with E-state index in [-0.39, 0.29) is 17.7 Å². The fraction of sp³-hybridized carbons (Fsp3) is 0.750. The maximum Gasteiger partial charge on any atom is 0.222 e. The minimum Gasteiger partial charge on any atom is -0.390 e. The first kappa shape index (κ1) is 15.5. The van der Waals surface area contributed by atoms with Gasteiger partial charge in [-0.25, -0.2) is 0 Å². The van der Waals surface area contributed by atoms with Crippen molar-refractivity contribution in [1.82, 2.24) is 14.7 Å².